The summed E-state index contributed by atoms with van der Waals surface area (Å²) < 4.78 is 5.70. The van der Waals surface area contributed by atoms with Gasteiger partial charge < -0.3 is 15.0 Å². The maximum Gasteiger partial charge on any atom is 0.266 e. The fourth-order valence-corrected chi connectivity index (χ4v) is 4.00. The maximum absolute atomic E-state index is 13.2. The number of carbonyl (C=O) groups excluding carboxylic acids is 2. The van der Waals surface area contributed by atoms with E-state index < -0.39 is 0 Å². The van der Waals surface area contributed by atoms with Gasteiger partial charge in [-0.05, 0) is 32.9 Å². The van der Waals surface area contributed by atoms with E-state index in [4.69, 9.17) is 4.74 Å². The number of ether oxygens (including phenoxy) is 1. The van der Waals surface area contributed by atoms with Crippen LogP contribution in [0.25, 0.3) is 5.70 Å². The van der Waals surface area contributed by atoms with E-state index in [0.717, 1.165) is 5.56 Å². The van der Waals surface area contributed by atoms with E-state index in [1.807, 2.05) is 51.1 Å². The van der Waals surface area contributed by atoms with E-state index in [9.17, 15) is 14.9 Å². The standard InChI is InChI=1S/C25H24N4O3/c1-15-8-10-18(11-9-15)24(30)28-23-20-7-5-4-6-19(20)22(27-23)21(12-26)25(31)29-13-16(2)32-17(3)14-29/h4-11,16-17H,13-14H2,1-3H3,(H,27,28,30)/b22-21-/t16-,17+. The van der Waals surface area contributed by atoms with Gasteiger partial charge in [0.25, 0.3) is 11.8 Å². The molecule has 2 aromatic rings. The lowest BCUT2D eigenvalue weighted by atomic mass is 10.0. The van der Waals surface area contributed by atoms with Crippen LogP contribution in [-0.2, 0) is 9.53 Å². The monoisotopic (exact) mass is 428 g/mol. The average Bonchev–Trinajstić information content (AvgIpc) is 3.12. The van der Waals surface area contributed by atoms with Gasteiger partial charge in [0, 0.05) is 29.8 Å². The number of aryl methyl sites for hydroxylation is 1. The molecule has 0 radical (unpaired) electrons. The number of benzene rings is 2. The minimum atomic E-state index is -0.380. The molecule has 0 aromatic heterocycles. The molecule has 32 heavy (non-hydrogen) atoms. The lowest BCUT2D eigenvalue weighted by Gasteiger charge is -2.35. The van der Waals surface area contributed by atoms with E-state index in [1.54, 1.807) is 23.1 Å². The lowest BCUT2D eigenvalue weighted by molar-refractivity contribution is -0.138. The van der Waals surface area contributed by atoms with Crippen LogP contribution in [0.15, 0.2) is 59.1 Å². The van der Waals surface area contributed by atoms with Gasteiger partial charge in [0.15, 0.2) is 0 Å². The molecule has 2 heterocycles. The molecule has 2 aliphatic rings. The van der Waals surface area contributed by atoms with E-state index in [1.165, 1.54) is 0 Å². The van der Waals surface area contributed by atoms with Crippen molar-refractivity contribution in [2.75, 3.05) is 13.1 Å². The molecule has 162 valence electrons. The van der Waals surface area contributed by atoms with Crippen LogP contribution in [0.4, 0.5) is 0 Å². The van der Waals surface area contributed by atoms with Crippen LogP contribution in [-0.4, -0.2) is 47.8 Å². The summed E-state index contributed by atoms with van der Waals surface area (Å²) >= 11 is 0. The number of morpholine rings is 1. The van der Waals surface area contributed by atoms with Crippen molar-refractivity contribution in [3.63, 3.8) is 0 Å². The third kappa shape index (κ3) is 4.18. The number of nitriles is 1. The van der Waals surface area contributed by atoms with Crippen molar-refractivity contribution >= 4 is 23.3 Å². The van der Waals surface area contributed by atoms with Gasteiger partial charge in [-0.25, -0.2) is 4.99 Å². The normalized spacial score (nSPS) is 21.3. The minimum Gasteiger partial charge on any atom is -0.372 e. The molecule has 1 N–H and O–H groups in total. The van der Waals surface area contributed by atoms with Crippen LogP contribution < -0.4 is 5.32 Å². The van der Waals surface area contributed by atoms with E-state index in [-0.39, 0.29) is 35.3 Å². The molecule has 2 aliphatic heterocycles. The number of amidine groups is 1. The Bertz CT molecular complexity index is 1160. The number of fused-ring (bicyclic) bond motifs is 1. The summed E-state index contributed by atoms with van der Waals surface area (Å²) in [4.78, 5) is 32.1. The summed E-state index contributed by atoms with van der Waals surface area (Å²) in [5, 5.41) is 12.7. The van der Waals surface area contributed by atoms with Gasteiger partial charge in [0.05, 0.1) is 17.9 Å². The minimum absolute atomic E-state index is 0.0432. The molecule has 4 rings (SSSR count). The Morgan fingerprint density at radius 1 is 1.06 bits per heavy atom. The first-order valence-corrected chi connectivity index (χ1v) is 10.5. The van der Waals surface area contributed by atoms with Gasteiger partial charge in [0.1, 0.15) is 17.5 Å². The summed E-state index contributed by atoms with van der Waals surface area (Å²) in [5.41, 5.74) is 3.11. The second-order valence-corrected chi connectivity index (χ2v) is 8.13. The third-order valence-corrected chi connectivity index (χ3v) is 5.48. The average molecular weight is 428 g/mol. The van der Waals surface area contributed by atoms with Gasteiger partial charge in [-0.3, -0.25) is 9.59 Å². The molecule has 0 saturated carbocycles. The highest BCUT2D eigenvalue weighted by Gasteiger charge is 2.32. The van der Waals surface area contributed by atoms with Crippen LogP contribution >= 0.6 is 0 Å². The molecule has 7 heteroatoms. The van der Waals surface area contributed by atoms with Crippen molar-refractivity contribution in [1.82, 2.24) is 10.2 Å². The molecule has 7 nitrogen and oxygen atoms in total. The predicted molar refractivity (Wildman–Crippen MR) is 121 cm³/mol. The number of amides is 2. The van der Waals surface area contributed by atoms with Crippen LogP contribution in [0, 0.1) is 18.3 Å². The fourth-order valence-electron chi connectivity index (χ4n) is 4.00. The zero-order valence-electron chi connectivity index (χ0n) is 18.3. The Hall–Kier alpha value is -3.76. The molecule has 0 aliphatic carbocycles. The second-order valence-electron chi connectivity index (χ2n) is 8.13. The van der Waals surface area contributed by atoms with Gasteiger partial charge in [-0.2, -0.15) is 5.26 Å². The maximum atomic E-state index is 13.2. The van der Waals surface area contributed by atoms with Crippen molar-refractivity contribution < 1.29 is 14.3 Å². The first-order valence-electron chi connectivity index (χ1n) is 10.5. The highest BCUT2D eigenvalue weighted by Crippen LogP contribution is 2.31. The molecule has 1 saturated heterocycles. The Labute approximate surface area is 187 Å². The van der Waals surface area contributed by atoms with Gasteiger partial charge >= 0.3 is 0 Å². The number of rotatable bonds is 2. The van der Waals surface area contributed by atoms with Crippen molar-refractivity contribution in [2.24, 2.45) is 4.99 Å². The molecule has 2 aromatic carbocycles. The first kappa shape index (κ1) is 21.5. The van der Waals surface area contributed by atoms with Crippen LogP contribution in [0.3, 0.4) is 0 Å². The van der Waals surface area contributed by atoms with E-state index in [2.05, 4.69) is 16.4 Å². The summed E-state index contributed by atoms with van der Waals surface area (Å²) in [6.07, 6.45) is -0.229. The molecule has 1 fully saturated rings. The fraction of sp³-hybridized carbons (Fsp3) is 0.280. The van der Waals surface area contributed by atoms with Crippen LogP contribution in [0.1, 0.15) is 40.9 Å². The molecule has 2 amide bonds. The Kier molecular flexibility index (Phi) is 5.89. The Morgan fingerprint density at radius 2 is 1.69 bits per heavy atom. The van der Waals surface area contributed by atoms with Crippen molar-refractivity contribution in [2.45, 2.75) is 33.0 Å². The molecular weight excluding hydrogens is 404 g/mol. The quantitative estimate of drug-likeness (QED) is 0.588. The van der Waals surface area contributed by atoms with E-state index >= 15 is 0 Å². The second kappa shape index (κ2) is 8.77. The van der Waals surface area contributed by atoms with Crippen LogP contribution in [0.5, 0.6) is 0 Å². The summed E-state index contributed by atoms with van der Waals surface area (Å²) in [5.74, 6) is -0.361. The largest absolute Gasteiger partial charge is 0.372 e. The molecular formula is C25H24N4O3. The Morgan fingerprint density at radius 3 is 2.31 bits per heavy atom. The molecule has 0 unspecified atom stereocenters. The zero-order valence-corrected chi connectivity index (χ0v) is 18.3. The number of nitrogens with one attached hydrogen (secondary N) is 1. The highest BCUT2D eigenvalue weighted by atomic mass is 16.5. The number of aliphatic imine (C=N–C) groups is 1. The van der Waals surface area contributed by atoms with E-state index in [0.29, 0.717) is 35.6 Å². The molecule has 2 atom stereocenters. The number of carbonyl (C=O) groups is 2. The number of hydrogen-bond acceptors (Lipinski definition) is 5. The van der Waals surface area contributed by atoms with Gasteiger partial charge in [0.2, 0.25) is 0 Å². The number of nitrogens with zero attached hydrogens (tertiary/aromatic N) is 3. The van der Waals surface area contributed by atoms with Crippen molar-refractivity contribution in [1.29, 1.82) is 5.26 Å². The highest BCUT2D eigenvalue weighted by molar-refractivity contribution is 6.20. The summed E-state index contributed by atoms with van der Waals surface area (Å²) in [7, 11) is 0. The predicted octanol–water partition coefficient (Wildman–Crippen LogP) is 3.06. The summed E-state index contributed by atoms with van der Waals surface area (Å²) in [6, 6.07) is 16.5. The van der Waals surface area contributed by atoms with Crippen molar-refractivity contribution in [3.8, 4) is 6.07 Å². The van der Waals surface area contributed by atoms with Gasteiger partial charge in [-0.15, -0.1) is 0 Å². The number of hydrogen-bond donors (Lipinski definition) is 1. The first-order chi connectivity index (χ1) is 15.4. The topological polar surface area (TPSA) is 94.8 Å². The van der Waals surface area contributed by atoms with Gasteiger partial charge in [-0.1, -0.05) is 42.0 Å². The zero-order chi connectivity index (χ0) is 22.8. The smallest absolute Gasteiger partial charge is 0.266 e. The lowest BCUT2D eigenvalue weighted by Crippen LogP contribution is -2.48. The Balaban J connectivity index is 1.69. The molecule has 0 spiro atoms. The third-order valence-electron chi connectivity index (χ3n) is 5.48. The van der Waals surface area contributed by atoms with Crippen LogP contribution in [0.2, 0.25) is 0 Å². The summed E-state index contributed by atoms with van der Waals surface area (Å²) in [6.45, 7) is 6.56. The van der Waals surface area contributed by atoms with Crippen molar-refractivity contribution in [3.05, 3.63) is 76.4 Å². The SMILES string of the molecule is Cc1ccc(C(=O)NC2=N/C(=C(/C#N)C(=O)N3C[C@@H](C)O[C@@H](C)C3)c3ccccc32)cc1. The molecule has 0 bridgehead atoms.